The first-order chi connectivity index (χ1) is 15.0. The maximum Gasteiger partial charge on any atom is 0.355 e. The minimum atomic E-state index is -0.667. The summed E-state index contributed by atoms with van der Waals surface area (Å²) in [5.74, 6) is -0.922. The largest absolute Gasteiger partial charge is 0.484 e. The molecule has 0 bridgehead atoms. The Balaban J connectivity index is 1.78. The molecular formula is C21H26N2O8. The third-order valence-corrected chi connectivity index (χ3v) is 5.02. The molecule has 2 heterocycles. The molecule has 31 heavy (non-hydrogen) atoms. The van der Waals surface area contributed by atoms with Gasteiger partial charge in [0.05, 0.1) is 39.6 Å². The number of aryl methyl sites for hydroxylation is 1. The fraction of sp³-hybridized carbons (Fsp3) is 0.476. The molecule has 1 aromatic carbocycles. The van der Waals surface area contributed by atoms with E-state index in [0.717, 1.165) is 5.56 Å². The van der Waals surface area contributed by atoms with Gasteiger partial charge < -0.3 is 33.5 Å². The van der Waals surface area contributed by atoms with E-state index in [1.807, 2.05) is 6.92 Å². The summed E-state index contributed by atoms with van der Waals surface area (Å²) in [6.45, 7) is 3.92. The Hall–Kier alpha value is -3.11. The number of hydrogen-bond donors (Lipinski definition) is 0. The van der Waals surface area contributed by atoms with Crippen molar-refractivity contribution >= 4 is 23.5 Å². The van der Waals surface area contributed by atoms with E-state index in [2.05, 4.69) is 0 Å². The maximum atomic E-state index is 12.4. The molecule has 1 saturated heterocycles. The molecule has 0 unspecified atom stereocenters. The van der Waals surface area contributed by atoms with Crippen molar-refractivity contribution in [2.75, 3.05) is 65.4 Å². The molecule has 0 atom stereocenters. The highest BCUT2D eigenvalue weighted by molar-refractivity contribution is 6.03. The SMILES string of the molecule is COC(=O)C1=C(C(=O)OC)N(c2ccc(OCC(=O)N3CCOCC3)cc2C)COC1. The second-order valence-corrected chi connectivity index (χ2v) is 6.95. The molecule has 1 fully saturated rings. The summed E-state index contributed by atoms with van der Waals surface area (Å²) in [5, 5.41) is 0. The smallest absolute Gasteiger partial charge is 0.355 e. The summed E-state index contributed by atoms with van der Waals surface area (Å²) in [4.78, 5) is 40.1. The van der Waals surface area contributed by atoms with E-state index >= 15 is 0 Å². The van der Waals surface area contributed by atoms with Crippen LogP contribution in [0.2, 0.25) is 0 Å². The molecule has 0 radical (unpaired) electrons. The van der Waals surface area contributed by atoms with E-state index in [9.17, 15) is 14.4 Å². The normalized spacial score (nSPS) is 16.7. The molecular weight excluding hydrogens is 408 g/mol. The fourth-order valence-corrected chi connectivity index (χ4v) is 3.40. The Bertz CT molecular complexity index is 876. The van der Waals surface area contributed by atoms with Crippen LogP contribution in [0.4, 0.5) is 5.69 Å². The summed E-state index contributed by atoms with van der Waals surface area (Å²) in [5.41, 5.74) is 1.54. The van der Waals surface area contributed by atoms with E-state index in [1.54, 1.807) is 28.0 Å². The van der Waals surface area contributed by atoms with Crippen LogP contribution in [0.15, 0.2) is 29.5 Å². The number of anilines is 1. The summed E-state index contributed by atoms with van der Waals surface area (Å²) in [6, 6.07) is 5.18. The van der Waals surface area contributed by atoms with Gasteiger partial charge in [-0.2, -0.15) is 0 Å². The number of ether oxygens (including phenoxy) is 5. The molecule has 2 aliphatic heterocycles. The molecule has 3 rings (SSSR count). The van der Waals surface area contributed by atoms with E-state index in [-0.39, 0.29) is 37.1 Å². The van der Waals surface area contributed by atoms with E-state index in [4.69, 9.17) is 23.7 Å². The number of esters is 2. The lowest BCUT2D eigenvalue weighted by molar-refractivity contribution is -0.140. The van der Waals surface area contributed by atoms with Crippen molar-refractivity contribution < 1.29 is 38.1 Å². The van der Waals surface area contributed by atoms with E-state index in [0.29, 0.717) is 37.7 Å². The average molecular weight is 434 g/mol. The summed E-state index contributed by atoms with van der Waals surface area (Å²) in [7, 11) is 2.48. The Morgan fingerprint density at radius 3 is 2.39 bits per heavy atom. The second-order valence-electron chi connectivity index (χ2n) is 6.95. The van der Waals surface area contributed by atoms with Crippen LogP contribution in [-0.2, 0) is 33.3 Å². The molecule has 1 aromatic rings. The van der Waals surface area contributed by atoms with Gasteiger partial charge in [0.15, 0.2) is 6.61 Å². The number of nitrogens with zero attached hydrogens (tertiary/aromatic N) is 2. The minimum absolute atomic E-state index is 0.0570. The summed E-state index contributed by atoms with van der Waals surface area (Å²) < 4.78 is 26.1. The molecule has 0 spiro atoms. The molecule has 1 amide bonds. The van der Waals surface area contributed by atoms with Gasteiger partial charge in [0.1, 0.15) is 18.2 Å². The third-order valence-electron chi connectivity index (χ3n) is 5.02. The second kappa shape index (κ2) is 10.3. The maximum absolute atomic E-state index is 12.4. The first kappa shape index (κ1) is 22.6. The van der Waals surface area contributed by atoms with Crippen LogP contribution in [0.25, 0.3) is 0 Å². The number of carbonyl (C=O) groups is 3. The zero-order valence-corrected chi connectivity index (χ0v) is 17.8. The van der Waals surface area contributed by atoms with Crippen molar-refractivity contribution in [2.24, 2.45) is 0 Å². The first-order valence-corrected chi connectivity index (χ1v) is 9.80. The zero-order chi connectivity index (χ0) is 22.4. The summed E-state index contributed by atoms with van der Waals surface area (Å²) >= 11 is 0. The van der Waals surface area contributed by atoms with Crippen molar-refractivity contribution in [3.8, 4) is 5.75 Å². The van der Waals surface area contributed by atoms with Gasteiger partial charge in [-0.05, 0) is 30.7 Å². The lowest BCUT2D eigenvalue weighted by atomic mass is 10.1. The van der Waals surface area contributed by atoms with Gasteiger partial charge in [-0.15, -0.1) is 0 Å². The molecule has 168 valence electrons. The van der Waals surface area contributed by atoms with Gasteiger partial charge >= 0.3 is 11.9 Å². The summed E-state index contributed by atoms with van der Waals surface area (Å²) in [6.07, 6.45) is 0. The van der Waals surface area contributed by atoms with Gasteiger partial charge in [0, 0.05) is 18.8 Å². The number of benzene rings is 1. The van der Waals surface area contributed by atoms with Crippen LogP contribution < -0.4 is 9.64 Å². The number of morpholine rings is 1. The predicted molar refractivity (Wildman–Crippen MR) is 108 cm³/mol. The lowest BCUT2D eigenvalue weighted by Crippen LogP contribution is -2.43. The highest BCUT2D eigenvalue weighted by Crippen LogP contribution is 2.31. The van der Waals surface area contributed by atoms with Crippen molar-refractivity contribution in [1.82, 2.24) is 4.90 Å². The van der Waals surface area contributed by atoms with Crippen molar-refractivity contribution in [2.45, 2.75) is 6.92 Å². The zero-order valence-electron chi connectivity index (χ0n) is 17.8. The van der Waals surface area contributed by atoms with Crippen LogP contribution in [0.5, 0.6) is 5.75 Å². The number of rotatable bonds is 6. The standard InChI is InChI=1S/C21H26N2O8/c1-14-10-15(31-12-18(24)22-6-8-29-9-7-22)4-5-17(14)23-13-30-11-16(20(25)27-2)19(23)21(26)28-3/h4-5,10H,6-9,11-13H2,1-3H3. The predicted octanol–water partition coefficient (Wildman–Crippen LogP) is 0.627. The van der Waals surface area contributed by atoms with Crippen LogP contribution in [0, 0.1) is 6.92 Å². The fourth-order valence-electron chi connectivity index (χ4n) is 3.40. The van der Waals surface area contributed by atoms with Gasteiger partial charge in [-0.1, -0.05) is 0 Å². The van der Waals surface area contributed by atoms with Crippen molar-refractivity contribution in [1.29, 1.82) is 0 Å². The average Bonchev–Trinajstić information content (AvgIpc) is 2.81. The van der Waals surface area contributed by atoms with Crippen molar-refractivity contribution in [3.05, 3.63) is 35.0 Å². The Kier molecular flexibility index (Phi) is 7.48. The monoisotopic (exact) mass is 434 g/mol. The quantitative estimate of drug-likeness (QED) is 0.596. The van der Waals surface area contributed by atoms with Gasteiger partial charge in [-0.3, -0.25) is 4.79 Å². The molecule has 0 saturated carbocycles. The topological polar surface area (TPSA) is 104 Å². The van der Waals surface area contributed by atoms with E-state index in [1.165, 1.54) is 14.2 Å². The number of hydrogen-bond acceptors (Lipinski definition) is 9. The van der Waals surface area contributed by atoms with Crippen molar-refractivity contribution in [3.63, 3.8) is 0 Å². The molecule has 0 aromatic heterocycles. The van der Waals surface area contributed by atoms with Crippen LogP contribution in [-0.4, -0.2) is 83.2 Å². The van der Waals surface area contributed by atoms with Gasteiger partial charge in [0.25, 0.3) is 5.91 Å². The Morgan fingerprint density at radius 2 is 1.74 bits per heavy atom. The third kappa shape index (κ3) is 5.15. The van der Waals surface area contributed by atoms with Crippen LogP contribution >= 0.6 is 0 Å². The molecule has 2 aliphatic rings. The van der Waals surface area contributed by atoms with Crippen LogP contribution in [0.3, 0.4) is 0 Å². The van der Waals surface area contributed by atoms with Gasteiger partial charge in [-0.25, -0.2) is 9.59 Å². The molecule has 0 aliphatic carbocycles. The first-order valence-electron chi connectivity index (χ1n) is 9.80. The Labute approximate surface area is 180 Å². The van der Waals surface area contributed by atoms with Gasteiger partial charge in [0.2, 0.25) is 0 Å². The number of amides is 1. The van der Waals surface area contributed by atoms with Crippen LogP contribution in [0.1, 0.15) is 5.56 Å². The molecule has 0 N–H and O–H groups in total. The molecule has 10 nitrogen and oxygen atoms in total. The minimum Gasteiger partial charge on any atom is -0.484 e. The highest BCUT2D eigenvalue weighted by atomic mass is 16.5. The number of methoxy groups -OCH3 is 2. The Morgan fingerprint density at radius 1 is 1.03 bits per heavy atom. The molecule has 10 heteroatoms. The lowest BCUT2D eigenvalue weighted by Gasteiger charge is -2.32. The highest BCUT2D eigenvalue weighted by Gasteiger charge is 2.33. The van der Waals surface area contributed by atoms with E-state index < -0.39 is 11.9 Å². The number of carbonyl (C=O) groups excluding carboxylic acids is 3.